The largest absolute Gasteiger partial charge is 0.430 e. The number of hydrogen-bond donors (Lipinski definition) is 2. The van der Waals surface area contributed by atoms with Gasteiger partial charge in [-0.2, -0.15) is 13.2 Å². The van der Waals surface area contributed by atoms with Gasteiger partial charge in [0.25, 0.3) is 17.4 Å². The SMILES string of the molecule is O=C(c1ccc(NC2CN(C3CCN(C(=O)[C@@](O)(c4ccccc4)C(F)(F)F)CC3)C2)cc1Cl)N1CCCC1. The second-order valence-corrected chi connectivity index (χ2v) is 11.0. The number of nitrogens with one attached hydrogen (secondary N) is 1. The van der Waals surface area contributed by atoms with E-state index in [1.54, 1.807) is 12.1 Å². The summed E-state index contributed by atoms with van der Waals surface area (Å²) in [6.45, 7) is 3.31. The van der Waals surface area contributed by atoms with Crippen molar-refractivity contribution in [3.8, 4) is 0 Å². The molecule has 3 fully saturated rings. The maximum absolute atomic E-state index is 13.9. The lowest BCUT2D eigenvalue weighted by Gasteiger charge is -2.48. The van der Waals surface area contributed by atoms with Crippen molar-refractivity contribution in [3.63, 3.8) is 0 Å². The molecule has 3 saturated heterocycles. The highest BCUT2D eigenvalue weighted by atomic mass is 35.5. The Bertz CT molecular complexity index is 1190. The fourth-order valence-electron chi connectivity index (χ4n) is 5.76. The summed E-state index contributed by atoms with van der Waals surface area (Å²) in [5.74, 6) is -1.37. The maximum atomic E-state index is 13.9. The van der Waals surface area contributed by atoms with Gasteiger partial charge in [-0.25, -0.2) is 0 Å². The van der Waals surface area contributed by atoms with E-state index < -0.39 is 23.2 Å². The van der Waals surface area contributed by atoms with Crippen LogP contribution in [0.3, 0.4) is 0 Å². The van der Waals surface area contributed by atoms with Gasteiger partial charge in [0.2, 0.25) is 0 Å². The van der Waals surface area contributed by atoms with Crippen molar-refractivity contribution in [1.82, 2.24) is 14.7 Å². The molecule has 2 N–H and O–H groups in total. The van der Waals surface area contributed by atoms with Crippen LogP contribution in [0.4, 0.5) is 18.9 Å². The second-order valence-electron chi connectivity index (χ2n) is 10.6. The van der Waals surface area contributed by atoms with E-state index in [2.05, 4.69) is 10.2 Å². The van der Waals surface area contributed by atoms with Gasteiger partial charge in [-0.15, -0.1) is 0 Å². The lowest BCUT2D eigenvalue weighted by Crippen LogP contribution is -2.62. The number of piperidine rings is 1. The Kier molecular flexibility index (Phi) is 7.81. The molecule has 0 saturated carbocycles. The molecule has 0 radical (unpaired) electrons. The van der Waals surface area contributed by atoms with Crippen LogP contribution in [0.2, 0.25) is 5.02 Å². The number of nitrogens with zero attached hydrogens (tertiary/aromatic N) is 3. The van der Waals surface area contributed by atoms with Crippen molar-refractivity contribution >= 4 is 29.1 Å². The van der Waals surface area contributed by atoms with Gasteiger partial charge in [0.15, 0.2) is 0 Å². The molecule has 2 amide bonds. The third kappa shape index (κ3) is 5.47. The number of carbonyl (C=O) groups is 2. The molecular weight excluding hydrogens is 533 g/mol. The first-order chi connectivity index (χ1) is 18.6. The Morgan fingerprint density at radius 1 is 0.923 bits per heavy atom. The molecule has 0 bridgehead atoms. The van der Waals surface area contributed by atoms with Crippen LogP contribution in [0.5, 0.6) is 0 Å². The van der Waals surface area contributed by atoms with Gasteiger partial charge in [-0.3, -0.25) is 14.5 Å². The molecule has 11 heteroatoms. The van der Waals surface area contributed by atoms with Crippen LogP contribution in [0.1, 0.15) is 41.6 Å². The van der Waals surface area contributed by atoms with Gasteiger partial charge in [0.05, 0.1) is 16.6 Å². The first-order valence-corrected chi connectivity index (χ1v) is 13.7. The Hall–Kier alpha value is -2.82. The summed E-state index contributed by atoms with van der Waals surface area (Å²) in [6.07, 6.45) is -2.05. The van der Waals surface area contributed by atoms with E-state index >= 15 is 0 Å². The smallest absolute Gasteiger partial charge is 0.380 e. The van der Waals surface area contributed by atoms with E-state index in [4.69, 9.17) is 11.6 Å². The number of benzene rings is 2. The lowest BCUT2D eigenvalue weighted by atomic mass is 9.89. The summed E-state index contributed by atoms with van der Waals surface area (Å²) >= 11 is 6.42. The summed E-state index contributed by atoms with van der Waals surface area (Å²) in [4.78, 5) is 30.8. The number of carbonyl (C=O) groups excluding carboxylic acids is 2. The number of hydrogen-bond acceptors (Lipinski definition) is 5. The van der Waals surface area contributed by atoms with Crippen molar-refractivity contribution in [3.05, 3.63) is 64.7 Å². The van der Waals surface area contributed by atoms with Crippen LogP contribution in [-0.2, 0) is 10.4 Å². The first-order valence-electron chi connectivity index (χ1n) is 13.3. The summed E-state index contributed by atoms with van der Waals surface area (Å²) in [5.41, 5.74) is -2.71. The zero-order valence-electron chi connectivity index (χ0n) is 21.5. The number of aliphatic hydroxyl groups is 1. The van der Waals surface area contributed by atoms with Crippen LogP contribution in [0, 0.1) is 0 Å². The zero-order valence-corrected chi connectivity index (χ0v) is 22.2. The number of halogens is 4. The molecule has 0 spiro atoms. The van der Waals surface area contributed by atoms with Crippen molar-refractivity contribution in [1.29, 1.82) is 0 Å². The van der Waals surface area contributed by atoms with Gasteiger partial charge in [0.1, 0.15) is 0 Å². The van der Waals surface area contributed by atoms with E-state index in [1.807, 2.05) is 11.0 Å². The van der Waals surface area contributed by atoms with Gasteiger partial charge in [-0.1, -0.05) is 41.9 Å². The molecule has 3 heterocycles. The van der Waals surface area contributed by atoms with E-state index in [0.717, 1.165) is 61.7 Å². The number of rotatable bonds is 6. The molecule has 3 aliphatic rings. The van der Waals surface area contributed by atoms with Crippen molar-refractivity contribution in [2.45, 2.75) is 49.5 Å². The van der Waals surface area contributed by atoms with Crippen LogP contribution < -0.4 is 5.32 Å². The van der Waals surface area contributed by atoms with E-state index in [0.29, 0.717) is 23.4 Å². The van der Waals surface area contributed by atoms with Crippen molar-refractivity contribution in [2.24, 2.45) is 0 Å². The number of likely N-dealkylation sites (tertiary alicyclic amines) is 3. The molecule has 3 aliphatic heterocycles. The predicted octanol–water partition coefficient (Wildman–Crippen LogP) is 4.11. The Labute approximate surface area is 230 Å². The van der Waals surface area contributed by atoms with Crippen molar-refractivity contribution in [2.75, 3.05) is 44.6 Å². The highest BCUT2D eigenvalue weighted by Gasteiger charge is 2.62. The fraction of sp³-hybridized carbons (Fsp3) is 0.500. The average molecular weight is 565 g/mol. The molecule has 5 rings (SSSR count). The molecule has 2 aromatic carbocycles. The number of amides is 2. The molecule has 39 heavy (non-hydrogen) atoms. The normalized spacial score (nSPS) is 20.9. The topological polar surface area (TPSA) is 76.1 Å². The molecule has 0 unspecified atom stereocenters. The minimum atomic E-state index is -5.14. The predicted molar refractivity (Wildman–Crippen MR) is 142 cm³/mol. The zero-order chi connectivity index (χ0) is 27.8. The molecular formula is C28H32ClF3N4O3. The van der Waals surface area contributed by atoms with Crippen molar-refractivity contribution < 1.29 is 27.9 Å². The highest BCUT2D eigenvalue weighted by Crippen LogP contribution is 2.41. The minimum absolute atomic E-state index is 0.0406. The highest BCUT2D eigenvalue weighted by molar-refractivity contribution is 6.34. The molecule has 0 aliphatic carbocycles. The van der Waals surface area contributed by atoms with Crippen LogP contribution in [0.25, 0.3) is 0 Å². The Morgan fingerprint density at radius 2 is 1.56 bits per heavy atom. The van der Waals surface area contributed by atoms with Gasteiger partial charge < -0.3 is 20.2 Å². The third-order valence-electron chi connectivity index (χ3n) is 8.05. The molecule has 7 nitrogen and oxygen atoms in total. The third-order valence-corrected chi connectivity index (χ3v) is 8.37. The number of alkyl halides is 3. The van der Waals surface area contributed by atoms with E-state index in [9.17, 15) is 27.9 Å². The first kappa shape index (κ1) is 27.7. The van der Waals surface area contributed by atoms with Gasteiger partial charge >= 0.3 is 6.18 Å². The van der Waals surface area contributed by atoms with Crippen LogP contribution in [0.15, 0.2) is 48.5 Å². The summed E-state index contributed by atoms with van der Waals surface area (Å²) in [5, 5.41) is 14.5. The second kappa shape index (κ2) is 11.0. The molecule has 2 aromatic rings. The van der Waals surface area contributed by atoms with Gasteiger partial charge in [0, 0.05) is 56.6 Å². The standard InChI is InChI=1S/C28H32ClF3N4O3/c29-24-16-20(8-9-23(24)25(37)34-12-4-5-13-34)33-21-17-36(18-21)22-10-14-35(15-11-22)26(38)27(39,28(30,31)32)19-6-2-1-3-7-19/h1-3,6-9,16,21-22,33,39H,4-5,10-15,17-18H2/t27-/m0/s1. The number of anilines is 1. The van der Waals surface area contributed by atoms with E-state index in [1.165, 1.54) is 18.2 Å². The molecule has 210 valence electrons. The minimum Gasteiger partial charge on any atom is -0.380 e. The average Bonchev–Trinajstić information content (AvgIpc) is 3.44. The monoisotopic (exact) mass is 564 g/mol. The van der Waals surface area contributed by atoms with Crippen LogP contribution in [-0.4, -0.2) is 89.1 Å². The molecule has 0 aromatic heterocycles. The fourth-order valence-corrected chi connectivity index (χ4v) is 6.02. The summed E-state index contributed by atoms with van der Waals surface area (Å²) in [6, 6.07) is 12.2. The van der Waals surface area contributed by atoms with E-state index in [-0.39, 0.29) is 31.1 Å². The summed E-state index contributed by atoms with van der Waals surface area (Å²) in [7, 11) is 0. The quantitative estimate of drug-likeness (QED) is 0.552. The molecule has 1 atom stereocenters. The van der Waals surface area contributed by atoms with Crippen LogP contribution >= 0.6 is 11.6 Å². The summed E-state index contributed by atoms with van der Waals surface area (Å²) < 4.78 is 41.7. The Morgan fingerprint density at radius 3 is 2.15 bits per heavy atom. The van der Waals surface area contributed by atoms with Gasteiger partial charge in [-0.05, 0) is 43.9 Å². The maximum Gasteiger partial charge on any atom is 0.430 e. The lowest BCUT2D eigenvalue weighted by molar-refractivity contribution is -0.262. The Balaban J connectivity index is 1.12.